The molecule has 2 N–H and O–H groups in total. The van der Waals surface area contributed by atoms with Crippen LogP contribution >= 0.6 is 12.6 Å². The van der Waals surface area contributed by atoms with Crippen molar-refractivity contribution in [3.8, 4) is 0 Å². The highest BCUT2D eigenvalue weighted by Crippen LogP contribution is 2.24. The molecule has 5 heteroatoms. The minimum Gasteiger partial charge on any atom is -0.383 e. The van der Waals surface area contributed by atoms with Gasteiger partial charge >= 0.3 is 0 Å². The second kappa shape index (κ2) is 6.26. The number of hydrogen-bond acceptors (Lipinski definition) is 4. The van der Waals surface area contributed by atoms with Crippen molar-refractivity contribution in [3.63, 3.8) is 0 Å². The quantitative estimate of drug-likeness (QED) is 0.676. The van der Waals surface area contributed by atoms with Gasteiger partial charge in [0.1, 0.15) is 6.10 Å². The molecule has 0 radical (unpaired) electrons. The van der Waals surface area contributed by atoms with Crippen LogP contribution in [-0.2, 0) is 4.79 Å². The van der Waals surface area contributed by atoms with Gasteiger partial charge < -0.3 is 10.4 Å². The maximum Gasteiger partial charge on any atom is 0.249 e. The number of thiol groups is 1. The van der Waals surface area contributed by atoms with Crippen LogP contribution in [0.5, 0.6) is 0 Å². The van der Waals surface area contributed by atoms with Gasteiger partial charge in [0, 0.05) is 24.0 Å². The van der Waals surface area contributed by atoms with Crippen LogP contribution in [0.4, 0.5) is 0 Å². The maximum absolute atomic E-state index is 11.9. The molecule has 106 valence electrons. The molecule has 0 aromatic carbocycles. The van der Waals surface area contributed by atoms with Gasteiger partial charge in [0.25, 0.3) is 0 Å². The molecule has 18 heavy (non-hydrogen) atoms. The fraction of sp³-hybridized carbons (Fsp3) is 0.923. The summed E-state index contributed by atoms with van der Waals surface area (Å²) in [5.41, 5.74) is -0.202. The zero-order chi connectivity index (χ0) is 13.9. The maximum atomic E-state index is 11.9. The molecule has 0 saturated carbocycles. The Bertz CT molecular complexity index is 287. The summed E-state index contributed by atoms with van der Waals surface area (Å²) in [5, 5.41) is 13.0. The van der Waals surface area contributed by atoms with Crippen LogP contribution in [0.1, 0.15) is 40.5 Å². The highest BCUT2D eigenvalue weighted by Gasteiger charge is 2.34. The predicted molar refractivity (Wildman–Crippen MR) is 76.6 cm³/mol. The third-order valence-electron chi connectivity index (χ3n) is 3.76. The molecular weight excluding hydrogens is 248 g/mol. The van der Waals surface area contributed by atoms with Crippen LogP contribution in [0, 0.1) is 5.92 Å². The monoisotopic (exact) mass is 274 g/mol. The summed E-state index contributed by atoms with van der Waals surface area (Å²) in [7, 11) is 0. The van der Waals surface area contributed by atoms with E-state index >= 15 is 0 Å². The minimum absolute atomic E-state index is 0.0499. The first-order chi connectivity index (χ1) is 8.25. The molecule has 4 nitrogen and oxygen atoms in total. The Kier molecular flexibility index (Phi) is 5.49. The molecular formula is C13H26N2O2S. The van der Waals surface area contributed by atoms with Gasteiger partial charge in [-0.3, -0.25) is 9.69 Å². The van der Waals surface area contributed by atoms with Gasteiger partial charge in [-0.2, -0.15) is 12.6 Å². The molecule has 1 amide bonds. The van der Waals surface area contributed by atoms with E-state index in [4.69, 9.17) is 0 Å². The van der Waals surface area contributed by atoms with Crippen molar-refractivity contribution >= 4 is 18.5 Å². The second-order valence-electron chi connectivity index (χ2n) is 5.91. The summed E-state index contributed by atoms with van der Waals surface area (Å²) in [5.74, 6) is -0.300. The van der Waals surface area contributed by atoms with Crippen LogP contribution < -0.4 is 5.32 Å². The molecule has 2 atom stereocenters. The Labute approximate surface area is 116 Å². The number of rotatable bonds is 4. The third-order valence-corrected chi connectivity index (χ3v) is 4.08. The lowest BCUT2D eigenvalue weighted by Gasteiger charge is -2.41. The zero-order valence-electron chi connectivity index (χ0n) is 11.8. The number of hydrogen-bond donors (Lipinski definition) is 3. The average Bonchev–Trinajstić information content (AvgIpc) is 2.27. The Morgan fingerprint density at radius 1 is 1.33 bits per heavy atom. The smallest absolute Gasteiger partial charge is 0.249 e. The number of aliphatic hydroxyl groups excluding tert-OH is 1. The van der Waals surface area contributed by atoms with E-state index in [1.807, 2.05) is 13.8 Å². The summed E-state index contributed by atoms with van der Waals surface area (Å²) in [6.07, 6.45) is 0.881. The summed E-state index contributed by atoms with van der Waals surface area (Å²) < 4.78 is 0. The molecule has 2 unspecified atom stereocenters. The fourth-order valence-corrected chi connectivity index (χ4v) is 2.42. The van der Waals surface area contributed by atoms with E-state index in [2.05, 4.69) is 36.7 Å². The van der Waals surface area contributed by atoms with Gasteiger partial charge in [0.15, 0.2) is 0 Å². The summed E-state index contributed by atoms with van der Waals surface area (Å²) in [6, 6.07) is 0. The van der Waals surface area contributed by atoms with E-state index in [0.717, 1.165) is 25.9 Å². The Morgan fingerprint density at radius 3 is 2.22 bits per heavy atom. The minimum atomic E-state index is -0.913. The first kappa shape index (κ1) is 15.8. The van der Waals surface area contributed by atoms with Crippen molar-refractivity contribution in [1.29, 1.82) is 0 Å². The fourth-order valence-electron chi connectivity index (χ4n) is 2.19. The van der Waals surface area contributed by atoms with Gasteiger partial charge in [0.05, 0.1) is 0 Å². The van der Waals surface area contributed by atoms with Crippen molar-refractivity contribution in [2.45, 2.75) is 57.6 Å². The van der Waals surface area contributed by atoms with Crippen LogP contribution in [-0.4, -0.2) is 46.0 Å². The molecule has 0 spiro atoms. The summed E-state index contributed by atoms with van der Waals surface area (Å²) >= 11 is 4.43. The molecule has 1 aliphatic heterocycles. The van der Waals surface area contributed by atoms with Gasteiger partial charge in [-0.25, -0.2) is 0 Å². The van der Waals surface area contributed by atoms with Gasteiger partial charge in [-0.1, -0.05) is 13.8 Å². The van der Waals surface area contributed by atoms with E-state index in [-0.39, 0.29) is 22.7 Å². The molecule has 1 saturated heterocycles. The van der Waals surface area contributed by atoms with Crippen molar-refractivity contribution < 1.29 is 9.90 Å². The molecule has 1 heterocycles. The number of aliphatic hydroxyl groups is 1. The van der Waals surface area contributed by atoms with Crippen LogP contribution in [0.3, 0.4) is 0 Å². The number of piperidine rings is 1. The molecule has 0 bridgehead atoms. The van der Waals surface area contributed by atoms with Crippen molar-refractivity contribution in [3.05, 3.63) is 0 Å². The Hall–Kier alpha value is -0.260. The van der Waals surface area contributed by atoms with E-state index in [0.29, 0.717) is 0 Å². The summed E-state index contributed by atoms with van der Waals surface area (Å²) in [6.45, 7) is 9.67. The van der Waals surface area contributed by atoms with Crippen LogP contribution in [0.25, 0.3) is 0 Å². The Balaban J connectivity index is 2.50. The standard InChI is InChI=1S/C13H26N2O2S/c1-9(2)11(16)12(17)14-13(4)5-7-15(8-6-13)10(3)18/h9-11,16,18H,5-8H2,1-4H3,(H,14,17). The average molecular weight is 274 g/mol. The third kappa shape index (κ3) is 4.14. The second-order valence-corrected chi connectivity index (χ2v) is 6.65. The predicted octanol–water partition coefficient (Wildman–Crippen LogP) is 1.25. The topological polar surface area (TPSA) is 52.6 Å². The lowest BCUT2D eigenvalue weighted by molar-refractivity contribution is -0.133. The molecule has 0 aliphatic carbocycles. The number of amides is 1. The molecule has 1 aliphatic rings. The van der Waals surface area contributed by atoms with Crippen molar-refractivity contribution in [2.24, 2.45) is 5.92 Å². The largest absolute Gasteiger partial charge is 0.383 e. The van der Waals surface area contributed by atoms with Gasteiger partial charge in [-0.05, 0) is 32.6 Å². The van der Waals surface area contributed by atoms with E-state index in [1.54, 1.807) is 0 Å². The first-order valence-corrected chi connectivity index (χ1v) is 7.19. The van der Waals surface area contributed by atoms with E-state index < -0.39 is 6.10 Å². The van der Waals surface area contributed by atoms with Crippen molar-refractivity contribution in [2.75, 3.05) is 13.1 Å². The number of carbonyl (C=O) groups excluding carboxylic acids is 1. The normalized spacial score (nSPS) is 23.7. The molecule has 0 aromatic rings. The van der Waals surface area contributed by atoms with Crippen molar-refractivity contribution in [1.82, 2.24) is 10.2 Å². The number of carbonyl (C=O) groups is 1. The van der Waals surface area contributed by atoms with Gasteiger partial charge in [-0.15, -0.1) is 0 Å². The van der Waals surface area contributed by atoms with E-state index in [1.165, 1.54) is 0 Å². The lowest BCUT2D eigenvalue weighted by Crippen LogP contribution is -2.56. The molecule has 1 fully saturated rings. The number of nitrogens with zero attached hydrogens (tertiary/aromatic N) is 1. The van der Waals surface area contributed by atoms with E-state index in [9.17, 15) is 9.90 Å². The molecule has 1 rings (SSSR count). The Morgan fingerprint density at radius 2 is 1.83 bits per heavy atom. The molecule has 0 aromatic heterocycles. The SMILES string of the molecule is CC(C)C(O)C(=O)NC1(C)CCN(C(C)S)CC1. The summed E-state index contributed by atoms with van der Waals surface area (Å²) in [4.78, 5) is 14.2. The zero-order valence-corrected chi connectivity index (χ0v) is 12.7. The highest BCUT2D eigenvalue weighted by atomic mass is 32.1. The lowest BCUT2D eigenvalue weighted by atomic mass is 9.89. The highest BCUT2D eigenvalue weighted by molar-refractivity contribution is 7.80. The number of likely N-dealkylation sites (tertiary alicyclic amines) is 1. The van der Waals surface area contributed by atoms with Gasteiger partial charge in [0.2, 0.25) is 5.91 Å². The first-order valence-electron chi connectivity index (χ1n) is 6.67. The number of nitrogens with one attached hydrogen (secondary N) is 1. The van der Waals surface area contributed by atoms with Crippen LogP contribution in [0.15, 0.2) is 0 Å². The van der Waals surface area contributed by atoms with Crippen LogP contribution in [0.2, 0.25) is 0 Å².